The van der Waals surface area contributed by atoms with Gasteiger partial charge < -0.3 is 9.47 Å². The van der Waals surface area contributed by atoms with Gasteiger partial charge in [0.05, 0.1) is 38.2 Å². The van der Waals surface area contributed by atoms with Gasteiger partial charge in [-0.3, -0.25) is 24.6 Å². The van der Waals surface area contributed by atoms with Gasteiger partial charge in [0.15, 0.2) is 11.5 Å². The van der Waals surface area contributed by atoms with E-state index >= 15 is 0 Å². The Morgan fingerprint density at radius 1 is 1.13 bits per heavy atom. The SMILES string of the molecule is CCOc1cc(/C=C2/SC(=O)N(Cc3ccccc3C#N)C2=O)cc(I)c1OCc1cccc([N+](=O)[O-])c1. The highest BCUT2D eigenvalue weighted by Crippen LogP contribution is 2.38. The average Bonchev–Trinajstić information content (AvgIpc) is 3.16. The van der Waals surface area contributed by atoms with Gasteiger partial charge in [-0.2, -0.15) is 5.26 Å². The molecule has 3 aromatic carbocycles. The van der Waals surface area contributed by atoms with E-state index in [-0.39, 0.29) is 23.7 Å². The number of hydrogen-bond donors (Lipinski definition) is 0. The second kappa shape index (κ2) is 12.1. The van der Waals surface area contributed by atoms with Crippen LogP contribution in [-0.2, 0) is 17.9 Å². The predicted octanol–water partition coefficient (Wildman–Crippen LogP) is 6.29. The zero-order valence-corrected chi connectivity index (χ0v) is 23.0. The van der Waals surface area contributed by atoms with Crippen LogP contribution in [0.1, 0.15) is 29.2 Å². The number of ether oxygens (including phenoxy) is 2. The standard InChI is InChI=1S/C27H20IN3O6S/c1-2-36-23-12-18(11-22(28)25(23)37-16-17-6-5-9-21(10-17)31(34)35)13-24-26(32)30(27(33)38-24)15-20-8-4-3-7-19(20)14-29/h3-13H,2,15-16H2,1H3/b24-13+. The Morgan fingerprint density at radius 2 is 1.92 bits per heavy atom. The zero-order valence-electron chi connectivity index (χ0n) is 20.0. The van der Waals surface area contributed by atoms with E-state index in [1.54, 1.807) is 54.6 Å². The molecule has 11 heteroatoms. The fourth-order valence-corrected chi connectivity index (χ4v) is 5.33. The first-order chi connectivity index (χ1) is 18.3. The van der Waals surface area contributed by atoms with Gasteiger partial charge in [-0.1, -0.05) is 30.3 Å². The van der Waals surface area contributed by atoms with Crippen molar-refractivity contribution in [1.29, 1.82) is 5.26 Å². The Bertz CT molecular complexity index is 1500. The largest absolute Gasteiger partial charge is 0.490 e. The van der Waals surface area contributed by atoms with Crippen LogP contribution in [0.25, 0.3) is 6.08 Å². The highest BCUT2D eigenvalue weighted by molar-refractivity contribution is 14.1. The van der Waals surface area contributed by atoms with Crippen LogP contribution in [0, 0.1) is 25.0 Å². The molecule has 0 atom stereocenters. The summed E-state index contributed by atoms with van der Waals surface area (Å²) in [6.07, 6.45) is 1.62. The molecule has 0 unspecified atom stereocenters. The second-order valence-electron chi connectivity index (χ2n) is 8.02. The minimum atomic E-state index is -0.461. The smallest absolute Gasteiger partial charge is 0.293 e. The molecule has 0 aromatic heterocycles. The van der Waals surface area contributed by atoms with Crippen molar-refractivity contribution in [3.63, 3.8) is 0 Å². The molecule has 0 bridgehead atoms. The normalized spacial score (nSPS) is 14.0. The highest BCUT2D eigenvalue weighted by atomic mass is 127. The van der Waals surface area contributed by atoms with Gasteiger partial charge in [0.1, 0.15) is 6.61 Å². The Balaban J connectivity index is 1.56. The molecule has 0 aliphatic carbocycles. The number of hydrogen-bond acceptors (Lipinski definition) is 8. The topological polar surface area (TPSA) is 123 Å². The lowest BCUT2D eigenvalue weighted by atomic mass is 10.1. The van der Waals surface area contributed by atoms with E-state index in [1.807, 2.05) is 6.92 Å². The monoisotopic (exact) mass is 641 g/mol. The van der Waals surface area contributed by atoms with Crippen molar-refractivity contribution in [2.75, 3.05) is 6.61 Å². The molecule has 0 N–H and O–H groups in total. The molecule has 3 aromatic rings. The molecule has 1 fully saturated rings. The van der Waals surface area contributed by atoms with Crippen LogP contribution in [0.5, 0.6) is 11.5 Å². The quantitative estimate of drug-likeness (QED) is 0.116. The van der Waals surface area contributed by atoms with E-state index in [1.165, 1.54) is 12.1 Å². The van der Waals surface area contributed by atoms with Crippen LogP contribution >= 0.6 is 34.4 Å². The molecule has 192 valence electrons. The average molecular weight is 641 g/mol. The maximum atomic E-state index is 13.0. The number of amides is 2. The molecule has 1 heterocycles. The molecular formula is C27H20IN3O6S. The van der Waals surface area contributed by atoms with Crippen LogP contribution < -0.4 is 9.47 Å². The number of carbonyl (C=O) groups excluding carboxylic acids is 2. The van der Waals surface area contributed by atoms with Crippen molar-refractivity contribution in [2.24, 2.45) is 0 Å². The van der Waals surface area contributed by atoms with E-state index in [2.05, 4.69) is 28.7 Å². The van der Waals surface area contributed by atoms with E-state index in [0.29, 0.717) is 43.9 Å². The Hall–Kier alpha value is -3.89. The van der Waals surface area contributed by atoms with E-state index in [4.69, 9.17) is 9.47 Å². The summed E-state index contributed by atoms with van der Waals surface area (Å²) in [6, 6.07) is 18.6. The molecule has 1 saturated heterocycles. The lowest BCUT2D eigenvalue weighted by molar-refractivity contribution is -0.384. The highest BCUT2D eigenvalue weighted by Gasteiger charge is 2.35. The molecule has 0 spiro atoms. The summed E-state index contributed by atoms with van der Waals surface area (Å²) in [4.78, 5) is 37.6. The molecule has 1 aliphatic heterocycles. The fourth-order valence-electron chi connectivity index (χ4n) is 3.71. The summed E-state index contributed by atoms with van der Waals surface area (Å²) in [6.45, 7) is 2.30. The number of nitro benzene ring substituents is 1. The van der Waals surface area contributed by atoms with E-state index in [0.717, 1.165) is 16.7 Å². The number of halogens is 1. The number of nitro groups is 1. The number of nitrogens with zero attached hydrogens (tertiary/aromatic N) is 3. The van der Waals surface area contributed by atoms with Crippen molar-refractivity contribution in [2.45, 2.75) is 20.1 Å². The lowest BCUT2D eigenvalue weighted by Gasteiger charge is -2.15. The molecule has 9 nitrogen and oxygen atoms in total. The number of thioether (sulfide) groups is 1. The summed E-state index contributed by atoms with van der Waals surface area (Å²) >= 11 is 2.93. The Kier molecular flexibility index (Phi) is 8.65. The Morgan fingerprint density at radius 3 is 2.66 bits per heavy atom. The maximum absolute atomic E-state index is 13.0. The number of carbonyl (C=O) groups is 2. The minimum absolute atomic E-state index is 0.0118. The van der Waals surface area contributed by atoms with Crippen molar-refractivity contribution in [3.8, 4) is 17.6 Å². The predicted molar refractivity (Wildman–Crippen MR) is 150 cm³/mol. The van der Waals surface area contributed by atoms with Crippen molar-refractivity contribution in [1.82, 2.24) is 4.90 Å². The summed E-state index contributed by atoms with van der Waals surface area (Å²) < 4.78 is 12.5. The van der Waals surface area contributed by atoms with Crippen LogP contribution in [0.4, 0.5) is 10.5 Å². The van der Waals surface area contributed by atoms with Gasteiger partial charge in [-0.05, 0) is 82.2 Å². The van der Waals surface area contributed by atoms with E-state index in [9.17, 15) is 25.0 Å². The molecular weight excluding hydrogens is 621 g/mol. The molecule has 4 rings (SSSR count). The molecule has 38 heavy (non-hydrogen) atoms. The summed E-state index contributed by atoms with van der Waals surface area (Å²) in [5, 5.41) is 20.0. The molecule has 2 amide bonds. The van der Waals surface area contributed by atoms with Crippen molar-refractivity contribution < 1.29 is 24.0 Å². The summed E-state index contributed by atoms with van der Waals surface area (Å²) in [7, 11) is 0. The van der Waals surface area contributed by atoms with Gasteiger partial charge in [0, 0.05) is 12.1 Å². The van der Waals surface area contributed by atoms with Crippen LogP contribution in [-0.4, -0.2) is 27.6 Å². The van der Waals surface area contributed by atoms with Crippen molar-refractivity contribution in [3.05, 3.63) is 102 Å². The second-order valence-corrected chi connectivity index (χ2v) is 10.2. The molecule has 1 aliphatic rings. The number of nitriles is 1. The van der Waals surface area contributed by atoms with E-state index < -0.39 is 16.1 Å². The van der Waals surface area contributed by atoms with Gasteiger partial charge in [0.2, 0.25) is 0 Å². The van der Waals surface area contributed by atoms with Gasteiger partial charge in [0.25, 0.3) is 16.8 Å². The third kappa shape index (κ3) is 6.15. The molecule has 0 saturated carbocycles. The number of rotatable bonds is 9. The maximum Gasteiger partial charge on any atom is 0.293 e. The third-order valence-corrected chi connectivity index (χ3v) is 7.18. The van der Waals surface area contributed by atoms with Crippen molar-refractivity contribution >= 4 is 57.3 Å². The number of benzene rings is 3. The first kappa shape index (κ1) is 27.2. The third-order valence-electron chi connectivity index (χ3n) is 5.47. The van der Waals surface area contributed by atoms with Crippen LogP contribution in [0.3, 0.4) is 0 Å². The number of non-ortho nitro benzene ring substituents is 1. The molecule has 0 radical (unpaired) electrons. The first-order valence-corrected chi connectivity index (χ1v) is 13.3. The summed E-state index contributed by atoms with van der Waals surface area (Å²) in [5.41, 5.74) is 2.26. The van der Waals surface area contributed by atoms with Gasteiger partial charge in [-0.15, -0.1) is 0 Å². The van der Waals surface area contributed by atoms with Gasteiger partial charge >= 0.3 is 0 Å². The van der Waals surface area contributed by atoms with Gasteiger partial charge in [-0.25, -0.2) is 0 Å². The fraction of sp³-hybridized carbons (Fsp3) is 0.148. The minimum Gasteiger partial charge on any atom is -0.490 e. The summed E-state index contributed by atoms with van der Waals surface area (Å²) in [5.74, 6) is 0.474. The Labute approximate surface area is 236 Å². The van der Waals surface area contributed by atoms with Crippen LogP contribution in [0.15, 0.2) is 65.6 Å². The zero-order chi connectivity index (χ0) is 27.2. The lowest BCUT2D eigenvalue weighted by Crippen LogP contribution is -2.27. The van der Waals surface area contributed by atoms with Crippen LogP contribution in [0.2, 0.25) is 0 Å². The first-order valence-electron chi connectivity index (χ1n) is 11.4. The number of imide groups is 1.